The molecule has 0 radical (unpaired) electrons. The lowest BCUT2D eigenvalue weighted by Gasteiger charge is -2.14. The predicted octanol–water partition coefficient (Wildman–Crippen LogP) is 3.15. The number of nitrogens with one attached hydrogen (secondary N) is 2. The molecule has 0 saturated heterocycles. The molecular weight excluding hydrogens is 284 g/mol. The molecule has 0 heterocycles. The van der Waals surface area contributed by atoms with Crippen LogP contribution in [-0.4, -0.2) is 19.5 Å². The average molecular weight is 305 g/mol. The van der Waals surface area contributed by atoms with Crippen LogP contribution in [0.3, 0.4) is 0 Å². The summed E-state index contributed by atoms with van der Waals surface area (Å²) in [7, 11) is 1.86. The van der Waals surface area contributed by atoms with Gasteiger partial charge >= 0.3 is 0 Å². The average Bonchev–Trinajstić information content (AvgIpc) is 2.87. The van der Waals surface area contributed by atoms with Crippen LogP contribution in [0.25, 0.3) is 10.8 Å². The molecule has 3 nitrogen and oxygen atoms in total. The van der Waals surface area contributed by atoms with Gasteiger partial charge in [-0.1, -0.05) is 31.2 Å². The molecule has 1 amide bonds. The number of halogens is 1. The van der Waals surface area contributed by atoms with Crippen LogP contribution in [0.4, 0.5) is 5.69 Å². The third kappa shape index (κ3) is 2.89. The molecule has 0 aliphatic heterocycles. The minimum absolute atomic E-state index is 0. The van der Waals surface area contributed by atoms with Gasteiger partial charge in [-0.3, -0.25) is 4.79 Å². The molecule has 0 bridgehead atoms. The molecule has 0 aromatic heterocycles. The maximum atomic E-state index is 12.2. The van der Waals surface area contributed by atoms with E-state index in [1.807, 2.05) is 20.0 Å². The lowest BCUT2D eigenvalue weighted by atomic mass is 10.0. The fourth-order valence-electron chi connectivity index (χ4n) is 3.01. The summed E-state index contributed by atoms with van der Waals surface area (Å²) in [5.41, 5.74) is 3.73. The Kier molecular flexibility index (Phi) is 4.86. The van der Waals surface area contributed by atoms with Crippen molar-refractivity contribution in [2.24, 2.45) is 5.92 Å². The zero-order chi connectivity index (χ0) is 14.1. The van der Waals surface area contributed by atoms with Gasteiger partial charge in [0, 0.05) is 23.5 Å². The Morgan fingerprint density at radius 1 is 1.19 bits per heavy atom. The van der Waals surface area contributed by atoms with Crippen LogP contribution in [0, 0.1) is 5.92 Å². The van der Waals surface area contributed by atoms with Crippen molar-refractivity contribution in [2.75, 3.05) is 18.9 Å². The summed E-state index contributed by atoms with van der Waals surface area (Å²) in [6.07, 6.45) is 2.22. The van der Waals surface area contributed by atoms with E-state index in [1.165, 1.54) is 21.9 Å². The number of hydrogen-bond donors (Lipinski definition) is 2. The quantitative estimate of drug-likeness (QED) is 0.911. The molecule has 2 aromatic carbocycles. The predicted molar refractivity (Wildman–Crippen MR) is 90.3 cm³/mol. The zero-order valence-electron chi connectivity index (χ0n) is 12.4. The minimum Gasteiger partial charge on any atom is -0.325 e. The van der Waals surface area contributed by atoms with Gasteiger partial charge in [0.25, 0.3) is 0 Å². The van der Waals surface area contributed by atoms with E-state index in [9.17, 15) is 4.79 Å². The highest BCUT2D eigenvalue weighted by Gasteiger charge is 2.18. The molecule has 112 valence electrons. The summed E-state index contributed by atoms with van der Waals surface area (Å²) in [5.74, 6) is 0.0288. The van der Waals surface area contributed by atoms with Crippen LogP contribution in [0.15, 0.2) is 30.3 Å². The summed E-state index contributed by atoms with van der Waals surface area (Å²) in [5, 5.41) is 8.62. The highest BCUT2D eigenvalue weighted by molar-refractivity contribution is 6.05. The molecular formula is C17H21ClN2O. The van der Waals surface area contributed by atoms with Gasteiger partial charge in [-0.05, 0) is 42.5 Å². The number of aryl methyl sites for hydroxylation is 2. The fourth-order valence-corrected chi connectivity index (χ4v) is 3.01. The molecule has 1 aliphatic rings. The van der Waals surface area contributed by atoms with E-state index in [2.05, 4.69) is 34.9 Å². The molecule has 2 N–H and O–H groups in total. The fraction of sp³-hybridized carbons (Fsp3) is 0.353. The second kappa shape index (κ2) is 6.46. The molecule has 0 spiro atoms. The van der Waals surface area contributed by atoms with E-state index >= 15 is 0 Å². The van der Waals surface area contributed by atoms with Crippen LogP contribution < -0.4 is 10.6 Å². The van der Waals surface area contributed by atoms with E-state index in [0.29, 0.717) is 6.54 Å². The lowest BCUT2D eigenvalue weighted by molar-refractivity contribution is -0.119. The largest absolute Gasteiger partial charge is 0.325 e. The van der Waals surface area contributed by atoms with Crippen molar-refractivity contribution in [1.29, 1.82) is 0 Å². The van der Waals surface area contributed by atoms with Crippen molar-refractivity contribution >= 4 is 34.8 Å². The summed E-state index contributed by atoms with van der Waals surface area (Å²) in [6, 6.07) is 10.6. The van der Waals surface area contributed by atoms with Gasteiger partial charge in [0.15, 0.2) is 0 Å². The highest BCUT2D eigenvalue weighted by Crippen LogP contribution is 2.35. The van der Waals surface area contributed by atoms with Gasteiger partial charge in [0.05, 0.1) is 0 Å². The number of carbonyl (C=O) groups is 1. The molecule has 0 fully saturated rings. The van der Waals surface area contributed by atoms with E-state index in [4.69, 9.17) is 0 Å². The van der Waals surface area contributed by atoms with E-state index in [-0.39, 0.29) is 24.2 Å². The summed E-state index contributed by atoms with van der Waals surface area (Å²) < 4.78 is 0. The molecule has 1 atom stereocenters. The first kappa shape index (κ1) is 15.8. The Morgan fingerprint density at radius 2 is 1.90 bits per heavy atom. The molecule has 21 heavy (non-hydrogen) atoms. The number of amides is 1. The minimum atomic E-state index is -0.0389. The smallest absolute Gasteiger partial charge is 0.228 e. The molecule has 3 rings (SSSR count). The molecule has 0 saturated carbocycles. The van der Waals surface area contributed by atoms with Crippen molar-refractivity contribution in [1.82, 2.24) is 5.32 Å². The monoisotopic (exact) mass is 304 g/mol. The van der Waals surface area contributed by atoms with Gasteiger partial charge in [-0.25, -0.2) is 0 Å². The third-order valence-electron chi connectivity index (χ3n) is 4.09. The number of hydrogen-bond acceptors (Lipinski definition) is 2. The van der Waals surface area contributed by atoms with E-state index in [0.717, 1.165) is 18.5 Å². The van der Waals surface area contributed by atoms with Crippen LogP contribution in [0.2, 0.25) is 0 Å². The SMILES string of the molecule is CNCC(C)C(=O)Nc1ccc2c3c(cccc13)CC2.Cl. The van der Waals surface area contributed by atoms with E-state index in [1.54, 1.807) is 0 Å². The normalized spacial score (nSPS) is 13.8. The van der Waals surface area contributed by atoms with Crippen LogP contribution in [0.1, 0.15) is 18.1 Å². The third-order valence-corrected chi connectivity index (χ3v) is 4.09. The Morgan fingerprint density at radius 3 is 2.62 bits per heavy atom. The molecule has 2 aromatic rings. The van der Waals surface area contributed by atoms with Crippen molar-refractivity contribution in [3.8, 4) is 0 Å². The second-order valence-corrected chi connectivity index (χ2v) is 5.56. The summed E-state index contributed by atoms with van der Waals surface area (Å²) in [6.45, 7) is 2.62. The maximum absolute atomic E-state index is 12.2. The molecule has 1 aliphatic carbocycles. The number of anilines is 1. The maximum Gasteiger partial charge on any atom is 0.228 e. The number of rotatable bonds is 4. The Bertz CT molecular complexity index is 659. The van der Waals surface area contributed by atoms with Crippen molar-refractivity contribution in [2.45, 2.75) is 19.8 Å². The van der Waals surface area contributed by atoms with Gasteiger partial charge in [-0.15, -0.1) is 12.4 Å². The Hall–Kier alpha value is -1.58. The van der Waals surface area contributed by atoms with Gasteiger partial charge < -0.3 is 10.6 Å². The van der Waals surface area contributed by atoms with Crippen molar-refractivity contribution in [3.63, 3.8) is 0 Å². The van der Waals surface area contributed by atoms with Crippen LogP contribution in [-0.2, 0) is 17.6 Å². The van der Waals surface area contributed by atoms with Crippen molar-refractivity contribution < 1.29 is 4.79 Å². The van der Waals surface area contributed by atoms with E-state index < -0.39 is 0 Å². The lowest BCUT2D eigenvalue weighted by Crippen LogP contribution is -2.28. The number of benzene rings is 2. The molecule has 1 unspecified atom stereocenters. The first-order valence-corrected chi connectivity index (χ1v) is 7.19. The highest BCUT2D eigenvalue weighted by atomic mass is 35.5. The number of carbonyl (C=O) groups excluding carboxylic acids is 1. The zero-order valence-corrected chi connectivity index (χ0v) is 13.2. The second-order valence-electron chi connectivity index (χ2n) is 5.56. The summed E-state index contributed by atoms with van der Waals surface area (Å²) >= 11 is 0. The first-order chi connectivity index (χ1) is 9.70. The van der Waals surface area contributed by atoms with Crippen molar-refractivity contribution in [3.05, 3.63) is 41.5 Å². The van der Waals surface area contributed by atoms with Gasteiger partial charge in [0.1, 0.15) is 0 Å². The van der Waals surface area contributed by atoms with Gasteiger partial charge in [0.2, 0.25) is 5.91 Å². The standard InChI is InChI=1S/C17H20N2O.ClH/c1-11(10-18-2)17(20)19-15-9-8-13-7-6-12-4-3-5-14(15)16(12)13;/h3-5,8-9,11,18H,6-7,10H2,1-2H3,(H,19,20);1H. The van der Waals surface area contributed by atoms with Gasteiger partial charge in [-0.2, -0.15) is 0 Å². The summed E-state index contributed by atoms with van der Waals surface area (Å²) in [4.78, 5) is 12.2. The molecule has 4 heteroatoms. The first-order valence-electron chi connectivity index (χ1n) is 7.19. The van der Waals surface area contributed by atoms with Crippen LogP contribution >= 0.6 is 12.4 Å². The van der Waals surface area contributed by atoms with Crippen LogP contribution in [0.5, 0.6) is 0 Å². The Balaban J connectivity index is 0.00000161. The Labute approximate surface area is 131 Å². The topological polar surface area (TPSA) is 41.1 Å².